The number of hydrogen-bond acceptors (Lipinski definition) is 5. The first kappa shape index (κ1) is 23.4. The van der Waals surface area contributed by atoms with Crippen molar-refractivity contribution in [3.05, 3.63) is 53.1 Å². The van der Waals surface area contributed by atoms with Crippen LogP contribution in [0.15, 0.2) is 36.4 Å². The Balaban J connectivity index is 1.63. The van der Waals surface area contributed by atoms with E-state index >= 15 is 0 Å². The van der Waals surface area contributed by atoms with E-state index in [0.29, 0.717) is 24.4 Å². The molecule has 1 amide bonds. The smallest absolute Gasteiger partial charge is 0.312 e. The molecule has 0 bridgehead atoms. The van der Waals surface area contributed by atoms with Crippen LogP contribution in [0.2, 0.25) is 0 Å². The molecule has 2 heterocycles. The highest BCUT2D eigenvalue weighted by molar-refractivity contribution is 7.96. The molecule has 2 aromatic carbocycles. The first-order valence-corrected chi connectivity index (χ1v) is 13.5. The van der Waals surface area contributed by atoms with Crippen molar-refractivity contribution in [1.82, 2.24) is 14.0 Å². The Labute approximate surface area is 214 Å². The summed E-state index contributed by atoms with van der Waals surface area (Å²) >= 11 is 1.14. The summed E-state index contributed by atoms with van der Waals surface area (Å²) in [4.78, 5) is 25.5. The van der Waals surface area contributed by atoms with Crippen LogP contribution >= 0.6 is 12.1 Å². The minimum Gasteiger partial charge on any atom is -0.497 e. The second-order valence-corrected chi connectivity index (χ2v) is 11.1. The zero-order valence-electron chi connectivity index (χ0n) is 20.6. The standard InChI is InChI=1S/C28H31N3O4S/c1-29-36-30-26(32)17-8-10-20-23(12-17)31-15-28(27(33)34)14-22(28)21-13-18(35-2)9-11-19(21)25(31)24(20)16-6-4-3-5-7-16/h8-13,16,22,29H,3-7,14-15H2,1-2H3,(H,30,32)(H,33,34). The summed E-state index contributed by atoms with van der Waals surface area (Å²) < 4.78 is 13.4. The van der Waals surface area contributed by atoms with Gasteiger partial charge < -0.3 is 14.4 Å². The largest absolute Gasteiger partial charge is 0.497 e. The molecule has 3 N–H and O–H groups in total. The fourth-order valence-electron chi connectivity index (χ4n) is 6.58. The molecule has 0 spiro atoms. The molecule has 1 aromatic heterocycles. The number of nitrogens with zero attached hydrogens (tertiary/aromatic N) is 1. The predicted octanol–water partition coefficient (Wildman–Crippen LogP) is 5.45. The number of hydrogen-bond donors (Lipinski definition) is 3. The number of carbonyl (C=O) groups excluding carboxylic acids is 1. The number of nitrogens with one attached hydrogen (secondary N) is 2. The molecular formula is C28H31N3O4S. The minimum atomic E-state index is -0.845. The van der Waals surface area contributed by atoms with Crippen LogP contribution in [0.3, 0.4) is 0 Å². The van der Waals surface area contributed by atoms with Crippen molar-refractivity contribution in [3.8, 4) is 17.0 Å². The SMILES string of the molecule is CNSNC(=O)c1ccc2c(C3CCCCC3)c3n(c2c1)CC1(C(=O)O)CC1c1cc(OC)ccc1-3. The number of benzene rings is 2. The van der Waals surface area contributed by atoms with Gasteiger partial charge in [-0.25, -0.2) is 4.72 Å². The monoisotopic (exact) mass is 505 g/mol. The van der Waals surface area contributed by atoms with E-state index in [-0.39, 0.29) is 11.8 Å². The lowest BCUT2D eigenvalue weighted by Crippen LogP contribution is -2.23. The molecule has 36 heavy (non-hydrogen) atoms. The first-order valence-electron chi connectivity index (χ1n) is 12.7. The Kier molecular flexibility index (Phi) is 5.76. The van der Waals surface area contributed by atoms with Gasteiger partial charge in [0.25, 0.3) is 5.91 Å². The van der Waals surface area contributed by atoms with Crippen molar-refractivity contribution in [3.63, 3.8) is 0 Å². The Morgan fingerprint density at radius 1 is 1.14 bits per heavy atom. The molecule has 3 aromatic rings. The summed E-state index contributed by atoms with van der Waals surface area (Å²) in [5.41, 5.74) is 5.29. The number of aromatic nitrogens is 1. The average Bonchev–Trinajstić information content (AvgIpc) is 3.58. The Morgan fingerprint density at radius 2 is 1.94 bits per heavy atom. The lowest BCUT2D eigenvalue weighted by molar-refractivity contribution is -0.144. The van der Waals surface area contributed by atoms with Crippen molar-refractivity contribution in [2.45, 2.75) is 56.9 Å². The highest BCUT2D eigenvalue weighted by Gasteiger charge is 2.63. The normalized spacial score (nSPS) is 22.8. The lowest BCUT2D eigenvalue weighted by atomic mass is 9.81. The molecule has 1 aliphatic heterocycles. The van der Waals surface area contributed by atoms with Crippen LogP contribution in [-0.2, 0) is 11.3 Å². The van der Waals surface area contributed by atoms with E-state index in [2.05, 4.69) is 26.1 Å². The molecular weight excluding hydrogens is 474 g/mol. The maximum Gasteiger partial charge on any atom is 0.312 e. The summed E-state index contributed by atoms with van der Waals surface area (Å²) in [5.74, 6) is 0.191. The molecule has 2 unspecified atom stereocenters. The summed E-state index contributed by atoms with van der Waals surface area (Å²) in [6, 6.07) is 12.0. The van der Waals surface area contributed by atoms with Gasteiger partial charge in [0.05, 0.1) is 18.2 Å². The van der Waals surface area contributed by atoms with Gasteiger partial charge in [-0.3, -0.25) is 14.3 Å². The molecule has 0 radical (unpaired) electrons. The van der Waals surface area contributed by atoms with E-state index in [1.165, 1.54) is 24.8 Å². The highest BCUT2D eigenvalue weighted by atomic mass is 32.2. The second kappa shape index (κ2) is 8.85. The zero-order valence-corrected chi connectivity index (χ0v) is 21.4. The number of methoxy groups -OCH3 is 1. The second-order valence-electron chi connectivity index (χ2n) is 10.3. The van der Waals surface area contributed by atoms with Crippen molar-refractivity contribution in [2.24, 2.45) is 5.41 Å². The molecule has 2 atom stereocenters. The third-order valence-electron chi connectivity index (χ3n) is 8.46. The summed E-state index contributed by atoms with van der Waals surface area (Å²) in [6.45, 7) is 0.402. The number of fused-ring (bicyclic) bond motifs is 7. The molecule has 2 fully saturated rings. The van der Waals surface area contributed by atoms with Crippen molar-refractivity contribution >= 4 is 34.9 Å². The van der Waals surface area contributed by atoms with Gasteiger partial charge in [0, 0.05) is 46.6 Å². The zero-order chi connectivity index (χ0) is 25.0. The minimum absolute atomic E-state index is 0.0484. The van der Waals surface area contributed by atoms with Crippen LogP contribution in [0.1, 0.15) is 71.8 Å². The van der Waals surface area contributed by atoms with E-state index < -0.39 is 11.4 Å². The fraction of sp³-hybridized carbons (Fsp3) is 0.429. The maximum absolute atomic E-state index is 12.8. The number of amides is 1. The summed E-state index contributed by atoms with van der Waals surface area (Å²) in [5, 5.41) is 11.5. The van der Waals surface area contributed by atoms with Crippen LogP contribution in [0.25, 0.3) is 22.2 Å². The van der Waals surface area contributed by atoms with Crippen molar-refractivity contribution in [2.75, 3.05) is 14.2 Å². The number of aliphatic carboxylic acids is 1. The van der Waals surface area contributed by atoms with Gasteiger partial charge in [0.1, 0.15) is 5.75 Å². The highest BCUT2D eigenvalue weighted by Crippen LogP contribution is 2.65. The van der Waals surface area contributed by atoms with Gasteiger partial charge >= 0.3 is 5.97 Å². The molecule has 0 saturated heterocycles. The molecule has 8 heteroatoms. The molecule has 3 aliphatic rings. The Hall–Kier alpha value is -2.97. The average molecular weight is 506 g/mol. The number of rotatable bonds is 6. The quantitative estimate of drug-likeness (QED) is 0.386. The number of carboxylic acid groups (broad SMARTS) is 1. The van der Waals surface area contributed by atoms with Crippen LogP contribution in [0.5, 0.6) is 5.75 Å². The van der Waals surface area contributed by atoms with E-state index in [0.717, 1.165) is 58.4 Å². The topological polar surface area (TPSA) is 92.6 Å². The Morgan fingerprint density at radius 3 is 2.67 bits per heavy atom. The van der Waals surface area contributed by atoms with E-state index in [4.69, 9.17) is 4.74 Å². The summed E-state index contributed by atoms with van der Waals surface area (Å²) in [6.07, 6.45) is 6.54. The predicted molar refractivity (Wildman–Crippen MR) is 141 cm³/mol. The molecule has 2 aliphatic carbocycles. The lowest BCUT2D eigenvalue weighted by Gasteiger charge is -2.24. The molecule has 2 saturated carbocycles. The van der Waals surface area contributed by atoms with E-state index in [1.54, 1.807) is 14.2 Å². The molecule has 6 rings (SSSR count). The van der Waals surface area contributed by atoms with Crippen LogP contribution in [0, 0.1) is 5.41 Å². The van der Waals surface area contributed by atoms with Crippen molar-refractivity contribution < 1.29 is 19.4 Å². The van der Waals surface area contributed by atoms with Gasteiger partial charge in [0.15, 0.2) is 0 Å². The Bertz CT molecular complexity index is 1380. The molecule has 7 nitrogen and oxygen atoms in total. The van der Waals surface area contributed by atoms with E-state index in [9.17, 15) is 14.7 Å². The third-order valence-corrected chi connectivity index (χ3v) is 8.95. The van der Waals surface area contributed by atoms with Gasteiger partial charge in [0.2, 0.25) is 0 Å². The third kappa shape index (κ3) is 3.53. The van der Waals surface area contributed by atoms with Gasteiger partial charge in [-0.2, -0.15) is 0 Å². The maximum atomic E-state index is 12.8. The van der Waals surface area contributed by atoms with Gasteiger partial charge in [-0.1, -0.05) is 25.3 Å². The van der Waals surface area contributed by atoms with Gasteiger partial charge in [-0.15, -0.1) is 0 Å². The molecule has 188 valence electrons. The summed E-state index contributed by atoms with van der Waals surface area (Å²) in [7, 11) is 3.40. The first-order chi connectivity index (χ1) is 17.5. The van der Waals surface area contributed by atoms with E-state index in [1.807, 2.05) is 24.3 Å². The fourth-order valence-corrected chi connectivity index (χ4v) is 6.89. The van der Waals surface area contributed by atoms with Gasteiger partial charge in [-0.05, 0) is 73.7 Å². The van der Waals surface area contributed by atoms with Crippen LogP contribution in [0.4, 0.5) is 0 Å². The van der Waals surface area contributed by atoms with Crippen molar-refractivity contribution in [1.29, 1.82) is 0 Å². The van der Waals surface area contributed by atoms with Crippen LogP contribution < -0.4 is 14.2 Å². The number of carboxylic acids is 1. The number of ether oxygens (including phenoxy) is 1. The van der Waals surface area contributed by atoms with Crippen LogP contribution in [-0.4, -0.2) is 35.7 Å². The number of carbonyl (C=O) groups is 2.